The van der Waals surface area contributed by atoms with E-state index in [0.29, 0.717) is 18.5 Å². The number of halogens is 1. The molecule has 0 radical (unpaired) electrons. The Bertz CT molecular complexity index is 496. The number of anilines is 1. The third kappa shape index (κ3) is 3.42. The second-order valence-electron chi connectivity index (χ2n) is 3.63. The summed E-state index contributed by atoms with van der Waals surface area (Å²) in [5.74, 6) is -0.0119. The maximum absolute atomic E-state index is 11.6. The fourth-order valence-corrected chi connectivity index (χ4v) is 1.98. The topological polar surface area (TPSA) is 57.8 Å². The lowest BCUT2D eigenvalue weighted by atomic mass is 10.1. The van der Waals surface area contributed by atoms with Gasteiger partial charge in [0.1, 0.15) is 0 Å². The van der Waals surface area contributed by atoms with Gasteiger partial charge in [0.15, 0.2) is 0 Å². The van der Waals surface area contributed by atoms with Crippen molar-refractivity contribution in [2.24, 2.45) is 0 Å². The molecule has 0 aliphatic rings. The van der Waals surface area contributed by atoms with Crippen LogP contribution >= 0.6 is 15.9 Å². The highest BCUT2D eigenvalue weighted by atomic mass is 79.9. The van der Waals surface area contributed by atoms with Crippen molar-refractivity contribution < 1.29 is 4.79 Å². The van der Waals surface area contributed by atoms with E-state index in [1.807, 2.05) is 24.3 Å². The molecule has 1 aromatic heterocycles. The van der Waals surface area contributed by atoms with Crippen molar-refractivity contribution in [2.45, 2.75) is 12.8 Å². The second kappa shape index (κ2) is 5.63. The van der Waals surface area contributed by atoms with Gasteiger partial charge < -0.3 is 5.32 Å². The van der Waals surface area contributed by atoms with E-state index >= 15 is 0 Å². The molecule has 0 saturated heterocycles. The first-order valence-electron chi connectivity index (χ1n) is 5.28. The van der Waals surface area contributed by atoms with Crippen LogP contribution in [-0.2, 0) is 11.2 Å². The zero-order valence-electron chi connectivity index (χ0n) is 9.11. The van der Waals surface area contributed by atoms with Crippen LogP contribution in [0.15, 0.2) is 41.1 Å². The quantitative estimate of drug-likeness (QED) is 0.911. The molecule has 1 aromatic carbocycles. The fraction of sp³-hybridized carbons (Fsp3) is 0.167. The summed E-state index contributed by atoms with van der Waals surface area (Å²) in [4.78, 5) is 11.6. The lowest BCUT2D eigenvalue weighted by molar-refractivity contribution is -0.116. The lowest BCUT2D eigenvalue weighted by Crippen LogP contribution is -2.11. The van der Waals surface area contributed by atoms with Crippen LogP contribution in [-0.4, -0.2) is 16.1 Å². The number of hydrogen-bond acceptors (Lipinski definition) is 2. The molecule has 0 saturated carbocycles. The summed E-state index contributed by atoms with van der Waals surface area (Å²) in [6.07, 6.45) is 4.39. The number of H-pyrrole nitrogens is 1. The molecule has 17 heavy (non-hydrogen) atoms. The molecule has 5 heteroatoms. The van der Waals surface area contributed by atoms with Crippen molar-refractivity contribution in [3.8, 4) is 0 Å². The Labute approximate surface area is 108 Å². The third-order valence-corrected chi connectivity index (χ3v) is 3.13. The predicted molar refractivity (Wildman–Crippen MR) is 69.7 cm³/mol. The summed E-state index contributed by atoms with van der Waals surface area (Å²) in [6.45, 7) is 0. The Kier molecular flexibility index (Phi) is 3.93. The third-order valence-electron chi connectivity index (χ3n) is 2.36. The van der Waals surface area contributed by atoms with Crippen molar-refractivity contribution in [3.05, 3.63) is 46.7 Å². The van der Waals surface area contributed by atoms with Crippen LogP contribution in [0.2, 0.25) is 0 Å². The predicted octanol–water partition coefficient (Wildman–Crippen LogP) is 2.74. The van der Waals surface area contributed by atoms with Crippen LogP contribution in [0.3, 0.4) is 0 Å². The Morgan fingerprint density at radius 3 is 2.94 bits per heavy atom. The Morgan fingerprint density at radius 2 is 2.24 bits per heavy atom. The van der Waals surface area contributed by atoms with E-state index in [0.717, 1.165) is 10.0 Å². The summed E-state index contributed by atoms with van der Waals surface area (Å²) in [6, 6.07) is 7.91. The van der Waals surface area contributed by atoms with Gasteiger partial charge in [0.05, 0.1) is 11.9 Å². The van der Waals surface area contributed by atoms with Crippen LogP contribution < -0.4 is 5.32 Å². The van der Waals surface area contributed by atoms with Gasteiger partial charge in [-0.1, -0.05) is 34.1 Å². The molecule has 0 fully saturated rings. The van der Waals surface area contributed by atoms with E-state index in [9.17, 15) is 4.79 Å². The Morgan fingerprint density at radius 1 is 1.41 bits per heavy atom. The first-order valence-corrected chi connectivity index (χ1v) is 6.07. The number of nitrogens with zero attached hydrogens (tertiary/aromatic N) is 1. The molecular weight excluding hydrogens is 282 g/mol. The van der Waals surface area contributed by atoms with E-state index < -0.39 is 0 Å². The van der Waals surface area contributed by atoms with Crippen LogP contribution in [0.25, 0.3) is 0 Å². The van der Waals surface area contributed by atoms with Crippen molar-refractivity contribution in [1.82, 2.24) is 10.2 Å². The van der Waals surface area contributed by atoms with Crippen molar-refractivity contribution in [1.29, 1.82) is 0 Å². The van der Waals surface area contributed by atoms with E-state index in [2.05, 4.69) is 31.4 Å². The number of amides is 1. The molecule has 1 amide bonds. The van der Waals surface area contributed by atoms with E-state index in [1.165, 1.54) is 0 Å². The van der Waals surface area contributed by atoms with Crippen molar-refractivity contribution >= 4 is 27.5 Å². The molecule has 88 valence electrons. The minimum atomic E-state index is -0.0119. The van der Waals surface area contributed by atoms with E-state index in [4.69, 9.17) is 0 Å². The van der Waals surface area contributed by atoms with Gasteiger partial charge in [-0.25, -0.2) is 0 Å². The van der Waals surface area contributed by atoms with Gasteiger partial charge >= 0.3 is 0 Å². The summed E-state index contributed by atoms with van der Waals surface area (Å²) in [7, 11) is 0. The number of nitrogens with one attached hydrogen (secondary N) is 2. The highest BCUT2D eigenvalue weighted by Gasteiger charge is 2.05. The second-order valence-corrected chi connectivity index (χ2v) is 4.48. The number of aromatic nitrogens is 2. The summed E-state index contributed by atoms with van der Waals surface area (Å²) in [5.41, 5.74) is 1.83. The normalized spacial score (nSPS) is 10.2. The van der Waals surface area contributed by atoms with Gasteiger partial charge in [-0.15, -0.1) is 0 Å². The zero-order chi connectivity index (χ0) is 12.1. The maximum Gasteiger partial charge on any atom is 0.224 e. The Balaban J connectivity index is 1.86. The first-order chi connectivity index (χ1) is 8.25. The van der Waals surface area contributed by atoms with Gasteiger partial charge in [-0.3, -0.25) is 9.89 Å². The summed E-state index contributed by atoms with van der Waals surface area (Å²) < 4.78 is 1.04. The smallest absolute Gasteiger partial charge is 0.224 e. The fourth-order valence-electron chi connectivity index (χ4n) is 1.49. The highest BCUT2D eigenvalue weighted by Crippen LogP contribution is 2.17. The molecule has 0 aliphatic heterocycles. The number of carbonyl (C=O) groups excluding carboxylic acids is 1. The maximum atomic E-state index is 11.6. The number of rotatable bonds is 4. The number of benzene rings is 1. The van der Waals surface area contributed by atoms with Crippen molar-refractivity contribution in [2.75, 3.05) is 5.32 Å². The molecule has 0 bridgehead atoms. The molecule has 0 atom stereocenters. The van der Waals surface area contributed by atoms with Gasteiger partial charge in [0.2, 0.25) is 5.91 Å². The molecule has 1 heterocycles. The van der Waals surface area contributed by atoms with Gasteiger partial charge in [-0.2, -0.15) is 5.10 Å². The summed E-state index contributed by atoms with van der Waals surface area (Å²) in [5, 5.41) is 9.17. The molecule has 2 aromatic rings. The molecule has 4 nitrogen and oxygen atoms in total. The van der Waals surface area contributed by atoms with Crippen LogP contribution in [0.4, 0.5) is 5.69 Å². The molecule has 0 aliphatic carbocycles. The highest BCUT2D eigenvalue weighted by molar-refractivity contribution is 9.10. The molecule has 0 spiro atoms. The van der Waals surface area contributed by atoms with E-state index in [-0.39, 0.29) is 5.91 Å². The monoisotopic (exact) mass is 293 g/mol. The van der Waals surface area contributed by atoms with Crippen LogP contribution in [0.1, 0.15) is 12.0 Å². The molecule has 0 unspecified atom stereocenters. The van der Waals surface area contributed by atoms with Gasteiger partial charge in [0, 0.05) is 17.1 Å². The molecular formula is C12H12BrN3O. The zero-order valence-corrected chi connectivity index (χ0v) is 10.7. The lowest BCUT2D eigenvalue weighted by Gasteiger charge is -2.04. The average Bonchev–Trinajstić information content (AvgIpc) is 2.81. The van der Waals surface area contributed by atoms with Crippen LogP contribution in [0, 0.1) is 0 Å². The molecule has 2 rings (SSSR count). The number of aromatic amines is 1. The van der Waals surface area contributed by atoms with Gasteiger partial charge in [-0.05, 0) is 18.1 Å². The average molecular weight is 294 g/mol. The number of hydrogen-bond donors (Lipinski definition) is 2. The number of carbonyl (C=O) groups is 1. The SMILES string of the molecule is O=C(CCc1ccccc1Br)Nc1cn[nH]c1. The minimum Gasteiger partial charge on any atom is -0.323 e. The largest absolute Gasteiger partial charge is 0.323 e. The number of aryl methyl sites for hydroxylation is 1. The minimum absolute atomic E-state index is 0.0119. The van der Waals surface area contributed by atoms with Crippen molar-refractivity contribution in [3.63, 3.8) is 0 Å². The standard InChI is InChI=1S/C12H12BrN3O/c13-11-4-2-1-3-9(11)5-6-12(17)16-10-7-14-15-8-10/h1-4,7-8H,5-6H2,(H,14,15)(H,16,17). The first kappa shape index (κ1) is 11.9. The van der Waals surface area contributed by atoms with E-state index in [1.54, 1.807) is 12.4 Å². The van der Waals surface area contributed by atoms with Gasteiger partial charge in [0.25, 0.3) is 0 Å². The molecule has 2 N–H and O–H groups in total. The Hall–Kier alpha value is -1.62. The van der Waals surface area contributed by atoms with Crippen LogP contribution in [0.5, 0.6) is 0 Å². The summed E-state index contributed by atoms with van der Waals surface area (Å²) >= 11 is 3.46.